The molecule has 3 nitrogen and oxygen atoms in total. The third-order valence-electron chi connectivity index (χ3n) is 2.40. The maximum absolute atomic E-state index is 5.46. The van der Waals surface area contributed by atoms with Crippen molar-refractivity contribution in [1.82, 2.24) is 9.97 Å². The quantitative estimate of drug-likeness (QED) is 0.763. The summed E-state index contributed by atoms with van der Waals surface area (Å²) < 4.78 is 0. The van der Waals surface area contributed by atoms with E-state index in [4.69, 9.17) is 5.73 Å². The molecular formula is C9H15N3S. The van der Waals surface area contributed by atoms with Crippen LogP contribution in [0.5, 0.6) is 0 Å². The largest absolute Gasteiger partial charge is 0.346 e. The predicted molar refractivity (Wildman–Crippen MR) is 56.0 cm³/mol. The van der Waals surface area contributed by atoms with Gasteiger partial charge in [-0.3, -0.25) is 0 Å². The van der Waals surface area contributed by atoms with E-state index in [0.29, 0.717) is 12.5 Å². The topological polar surface area (TPSA) is 54.7 Å². The summed E-state index contributed by atoms with van der Waals surface area (Å²) in [5.74, 6) is 4.26. The molecule has 13 heavy (non-hydrogen) atoms. The van der Waals surface area contributed by atoms with Crippen molar-refractivity contribution < 1.29 is 0 Å². The van der Waals surface area contributed by atoms with Crippen molar-refractivity contribution in [3.05, 3.63) is 17.7 Å². The van der Waals surface area contributed by atoms with Gasteiger partial charge in [0.15, 0.2) is 0 Å². The first kappa shape index (κ1) is 9.09. The molecule has 0 aromatic carbocycles. The van der Waals surface area contributed by atoms with Crippen molar-refractivity contribution in [2.45, 2.75) is 18.8 Å². The zero-order valence-electron chi connectivity index (χ0n) is 7.62. The normalized spacial score (nSPS) is 22.4. The molecule has 3 N–H and O–H groups in total. The number of nitrogens with two attached hydrogens (primary N) is 1. The van der Waals surface area contributed by atoms with Gasteiger partial charge in [-0.25, -0.2) is 4.98 Å². The lowest BCUT2D eigenvalue weighted by Crippen LogP contribution is -2.04. The zero-order chi connectivity index (χ0) is 9.10. The first-order valence-electron chi connectivity index (χ1n) is 4.71. The van der Waals surface area contributed by atoms with E-state index in [-0.39, 0.29) is 0 Å². The Labute approximate surface area is 82.5 Å². The fourth-order valence-corrected chi connectivity index (χ4v) is 2.88. The van der Waals surface area contributed by atoms with Gasteiger partial charge in [-0.05, 0) is 18.7 Å². The van der Waals surface area contributed by atoms with Crippen LogP contribution >= 0.6 is 11.8 Å². The summed E-state index contributed by atoms with van der Waals surface area (Å²) in [6, 6.07) is 0. The van der Waals surface area contributed by atoms with Crippen LogP contribution in [0.3, 0.4) is 0 Å². The third-order valence-corrected chi connectivity index (χ3v) is 3.56. The molecule has 0 aliphatic carbocycles. The Morgan fingerprint density at radius 2 is 2.62 bits per heavy atom. The number of imidazole rings is 1. The zero-order valence-corrected chi connectivity index (χ0v) is 8.44. The van der Waals surface area contributed by atoms with Crippen LogP contribution < -0.4 is 5.73 Å². The smallest absolute Gasteiger partial charge is 0.107 e. The van der Waals surface area contributed by atoms with Crippen LogP contribution in [0.1, 0.15) is 23.9 Å². The van der Waals surface area contributed by atoms with Crippen molar-refractivity contribution in [2.24, 2.45) is 5.73 Å². The summed E-state index contributed by atoms with van der Waals surface area (Å²) in [5, 5.41) is 0. The van der Waals surface area contributed by atoms with Gasteiger partial charge in [0.2, 0.25) is 0 Å². The van der Waals surface area contributed by atoms with Gasteiger partial charge in [0, 0.05) is 30.0 Å². The summed E-state index contributed by atoms with van der Waals surface area (Å²) >= 11 is 2.03. The molecule has 0 amide bonds. The van der Waals surface area contributed by atoms with Crippen LogP contribution in [0, 0.1) is 0 Å². The fourth-order valence-electron chi connectivity index (χ4n) is 1.63. The van der Waals surface area contributed by atoms with Crippen molar-refractivity contribution in [1.29, 1.82) is 0 Å². The van der Waals surface area contributed by atoms with E-state index in [9.17, 15) is 0 Å². The van der Waals surface area contributed by atoms with Gasteiger partial charge in [0.1, 0.15) is 5.82 Å². The van der Waals surface area contributed by atoms with E-state index in [1.165, 1.54) is 23.6 Å². The maximum atomic E-state index is 5.46. The molecular weight excluding hydrogens is 182 g/mol. The monoisotopic (exact) mass is 197 g/mol. The number of aromatic nitrogens is 2. The molecule has 0 bridgehead atoms. The van der Waals surface area contributed by atoms with Crippen LogP contribution in [0.4, 0.5) is 0 Å². The lowest BCUT2D eigenvalue weighted by Gasteiger charge is -2.03. The average molecular weight is 197 g/mol. The van der Waals surface area contributed by atoms with E-state index in [1.807, 2.05) is 18.0 Å². The minimum atomic E-state index is 0.673. The van der Waals surface area contributed by atoms with Gasteiger partial charge < -0.3 is 10.7 Å². The second kappa shape index (κ2) is 4.15. The molecule has 1 saturated heterocycles. The Bertz CT molecular complexity index is 266. The first-order valence-corrected chi connectivity index (χ1v) is 5.87. The molecule has 1 aliphatic rings. The minimum Gasteiger partial charge on any atom is -0.346 e. The number of H-pyrrole nitrogens is 1. The summed E-state index contributed by atoms with van der Waals surface area (Å²) in [7, 11) is 0. The molecule has 0 spiro atoms. The fraction of sp³-hybridized carbons (Fsp3) is 0.667. The molecule has 1 unspecified atom stereocenters. The van der Waals surface area contributed by atoms with Gasteiger partial charge in [0.05, 0.1) is 0 Å². The van der Waals surface area contributed by atoms with Crippen LogP contribution in [-0.2, 0) is 6.42 Å². The third kappa shape index (κ3) is 2.06. The molecule has 72 valence electrons. The Balaban J connectivity index is 2.03. The van der Waals surface area contributed by atoms with Gasteiger partial charge >= 0.3 is 0 Å². The Hall–Kier alpha value is -0.480. The van der Waals surface area contributed by atoms with Crippen molar-refractivity contribution >= 4 is 11.8 Å². The molecule has 1 aromatic rings. The number of nitrogens with zero attached hydrogens (tertiary/aromatic N) is 1. The number of hydrogen-bond acceptors (Lipinski definition) is 3. The number of nitrogens with one attached hydrogen (secondary N) is 1. The van der Waals surface area contributed by atoms with Gasteiger partial charge in [-0.2, -0.15) is 11.8 Å². The SMILES string of the molecule is NCCc1ncc(C2CCSC2)[nH]1. The highest BCUT2D eigenvalue weighted by atomic mass is 32.2. The molecule has 0 saturated carbocycles. The summed E-state index contributed by atoms with van der Waals surface area (Å²) in [6.07, 6.45) is 4.12. The molecule has 1 aromatic heterocycles. The van der Waals surface area contributed by atoms with E-state index in [2.05, 4.69) is 9.97 Å². The lowest BCUT2D eigenvalue weighted by atomic mass is 10.1. The Morgan fingerprint density at radius 3 is 3.31 bits per heavy atom. The molecule has 1 atom stereocenters. The summed E-state index contributed by atoms with van der Waals surface area (Å²) in [6.45, 7) is 0.673. The lowest BCUT2D eigenvalue weighted by molar-refractivity contribution is 0.751. The van der Waals surface area contributed by atoms with Crippen molar-refractivity contribution in [3.8, 4) is 0 Å². The molecule has 2 rings (SSSR count). The Morgan fingerprint density at radius 1 is 1.69 bits per heavy atom. The number of aromatic amines is 1. The van der Waals surface area contributed by atoms with Crippen molar-refractivity contribution in [2.75, 3.05) is 18.1 Å². The summed E-state index contributed by atoms with van der Waals surface area (Å²) in [5.41, 5.74) is 6.76. The Kier molecular flexibility index (Phi) is 2.90. The predicted octanol–water partition coefficient (Wildman–Crippen LogP) is 1.13. The van der Waals surface area contributed by atoms with Gasteiger partial charge in [-0.1, -0.05) is 0 Å². The second-order valence-corrected chi connectivity index (χ2v) is 4.53. The van der Waals surface area contributed by atoms with E-state index in [0.717, 1.165) is 12.2 Å². The van der Waals surface area contributed by atoms with E-state index in [1.54, 1.807) is 0 Å². The minimum absolute atomic E-state index is 0.673. The van der Waals surface area contributed by atoms with Crippen LogP contribution in [0.2, 0.25) is 0 Å². The van der Waals surface area contributed by atoms with Crippen LogP contribution in [0.15, 0.2) is 6.20 Å². The van der Waals surface area contributed by atoms with Crippen LogP contribution in [-0.4, -0.2) is 28.0 Å². The van der Waals surface area contributed by atoms with Crippen molar-refractivity contribution in [3.63, 3.8) is 0 Å². The van der Waals surface area contributed by atoms with Gasteiger partial charge in [0.25, 0.3) is 0 Å². The number of rotatable bonds is 3. The highest BCUT2D eigenvalue weighted by Gasteiger charge is 2.19. The molecule has 1 fully saturated rings. The first-order chi connectivity index (χ1) is 6.40. The molecule has 2 heterocycles. The standard InChI is InChI=1S/C9H15N3S/c10-3-1-9-11-5-8(12-9)7-2-4-13-6-7/h5,7H,1-4,6,10H2,(H,11,12). The number of thioether (sulfide) groups is 1. The van der Waals surface area contributed by atoms with Crippen LogP contribution in [0.25, 0.3) is 0 Å². The van der Waals surface area contributed by atoms with Gasteiger partial charge in [-0.15, -0.1) is 0 Å². The highest BCUT2D eigenvalue weighted by Crippen LogP contribution is 2.31. The maximum Gasteiger partial charge on any atom is 0.107 e. The summed E-state index contributed by atoms with van der Waals surface area (Å²) in [4.78, 5) is 7.66. The number of hydrogen-bond donors (Lipinski definition) is 2. The second-order valence-electron chi connectivity index (χ2n) is 3.38. The molecule has 1 aliphatic heterocycles. The average Bonchev–Trinajstić information content (AvgIpc) is 2.70. The van der Waals surface area contributed by atoms with E-state index < -0.39 is 0 Å². The highest BCUT2D eigenvalue weighted by molar-refractivity contribution is 7.99. The molecule has 4 heteroatoms. The van der Waals surface area contributed by atoms with E-state index >= 15 is 0 Å². The molecule has 0 radical (unpaired) electrons.